The molecule has 0 spiro atoms. The van der Waals surface area contributed by atoms with E-state index in [9.17, 15) is 18.0 Å². The number of aryl methyl sites for hydroxylation is 1. The Morgan fingerprint density at radius 1 is 1.13 bits per heavy atom. The van der Waals surface area contributed by atoms with Gasteiger partial charge in [0.25, 0.3) is 15.9 Å². The zero-order chi connectivity index (χ0) is 21.5. The molecule has 3 aromatic rings. The van der Waals surface area contributed by atoms with E-state index < -0.39 is 16.1 Å². The second kappa shape index (κ2) is 7.75. The Balaban J connectivity index is 1.48. The summed E-state index contributed by atoms with van der Waals surface area (Å²) < 4.78 is 26.6. The molecule has 1 aromatic heterocycles. The maximum atomic E-state index is 12.7. The number of thiophene rings is 1. The number of rotatable bonds is 4. The molecule has 7 nitrogen and oxygen atoms in total. The van der Waals surface area contributed by atoms with Gasteiger partial charge >= 0.3 is 6.03 Å². The van der Waals surface area contributed by atoms with Gasteiger partial charge in [-0.3, -0.25) is 4.79 Å². The van der Waals surface area contributed by atoms with Crippen molar-refractivity contribution < 1.29 is 18.0 Å². The Morgan fingerprint density at radius 3 is 2.57 bits per heavy atom. The molecule has 0 aliphatic carbocycles. The highest BCUT2D eigenvalue weighted by Crippen LogP contribution is 2.32. The first-order valence-electron chi connectivity index (χ1n) is 8.84. The quantitative estimate of drug-likeness (QED) is 0.602. The summed E-state index contributed by atoms with van der Waals surface area (Å²) in [6, 6.07) is 14.3. The molecular formula is C20H16ClN3O4S2. The normalized spacial score (nSPS) is 13.3. The highest BCUT2D eigenvalue weighted by molar-refractivity contribution is 7.92. The van der Waals surface area contributed by atoms with Crippen LogP contribution in [0.25, 0.3) is 0 Å². The number of carbonyl (C=O) groups excluding carboxylic acids is 2. The maximum absolute atomic E-state index is 12.7. The Kier molecular flexibility index (Phi) is 5.27. The van der Waals surface area contributed by atoms with E-state index in [0.717, 1.165) is 28.2 Å². The predicted molar refractivity (Wildman–Crippen MR) is 117 cm³/mol. The third-order valence-corrected chi connectivity index (χ3v) is 7.66. The molecule has 0 atom stereocenters. The summed E-state index contributed by atoms with van der Waals surface area (Å²) in [6.07, 6.45) is 0. The molecule has 4 rings (SSSR count). The molecule has 2 N–H and O–H groups in total. The van der Waals surface area contributed by atoms with E-state index in [4.69, 9.17) is 11.6 Å². The minimum absolute atomic E-state index is 0.0544. The summed E-state index contributed by atoms with van der Waals surface area (Å²) in [5, 5.41) is 2.50. The molecular weight excluding hydrogens is 446 g/mol. The molecule has 0 saturated heterocycles. The summed E-state index contributed by atoms with van der Waals surface area (Å²) >= 11 is 6.61. The Morgan fingerprint density at radius 2 is 1.90 bits per heavy atom. The lowest BCUT2D eigenvalue weighted by Crippen LogP contribution is -2.34. The number of hydrogen-bond donors (Lipinski definition) is 2. The lowest BCUT2D eigenvalue weighted by atomic mass is 10.1. The van der Waals surface area contributed by atoms with Crippen molar-refractivity contribution in [3.05, 3.63) is 75.6 Å². The first-order valence-corrected chi connectivity index (χ1v) is 11.5. The van der Waals surface area contributed by atoms with Crippen molar-refractivity contribution in [3.63, 3.8) is 0 Å². The smallest absolute Gasteiger partial charge is 0.307 e. The maximum Gasteiger partial charge on any atom is 0.333 e. The average molecular weight is 462 g/mol. The summed E-state index contributed by atoms with van der Waals surface area (Å²) in [4.78, 5) is 26.5. The van der Waals surface area contributed by atoms with Crippen LogP contribution in [0, 0.1) is 6.92 Å². The zero-order valence-electron chi connectivity index (χ0n) is 15.7. The first kappa shape index (κ1) is 20.4. The van der Waals surface area contributed by atoms with Crippen molar-refractivity contribution in [2.24, 2.45) is 0 Å². The molecule has 0 radical (unpaired) electrons. The predicted octanol–water partition coefficient (Wildman–Crippen LogP) is 4.38. The van der Waals surface area contributed by atoms with Gasteiger partial charge in [-0.2, -0.15) is 0 Å². The van der Waals surface area contributed by atoms with Crippen LogP contribution in [0.3, 0.4) is 0 Å². The van der Waals surface area contributed by atoms with Crippen molar-refractivity contribution in [1.82, 2.24) is 4.72 Å². The second-order valence-corrected chi connectivity index (χ2v) is 10.3. The second-order valence-electron chi connectivity index (χ2n) is 6.67. The average Bonchev–Trinajstić information content (AvgIpc) is 3.26. The molecule has 1 aliphatic rings. The van der Waals surface area contributed by atoms with Gasteiger partial charge in [0, 0.05) is 16.9 Å². The molecule has 1 aliphatic heterocycles. The van der Waals surface area contributed by atoms with E-state index in [1.807, 2.05) is 29.8 Å². The summed E-state index contributed by atoms with van der Waals surface area (Å²) in [5.41, 5.74) is 3.53. The van der Waals surface area contributed by atoms with Crippen LogP contribution in [-0.4, -0.2) is 20.4 Å². The number of amides is 3. The lowest BCUT2D eigenvalue weighted by Gasteiger charge is -2.19. The number of hydrogen-bond acceptors (Lipinski definition) is 5. The Bertz CT molecular complexity index is 1270. The van der Waals surface area contributed by atoms with Gasteiger partial charge < -0.3 is 10.2 Å². The van der Waals surface area contributed by atoms with Crippen molar-refractivity contribution in [3.8, 4) is 0 Å². The molecule has 0 bridgehead atoms. The number of fused-ring (bicyclic) bond motifs is 1. The van der Waals surface area contributed by atoms with Gasteiger partial charge in [0.15, 0.2) is 0 Å². The molecule has 0 unspecified atom stereocenters. The molecule has 154 valence electrons. The van der Waals surface area contributed by atoms with E-state index in [0.29, 0.717) is 22.1 Å². The van der Waals surface area contributed by atoms with Crippen LogP contribution >= 0.6 is 22.9 Å². The molecule has 10 heteroatoms. The van der Waals surface area contributed by atoms with Crippen LogP contribution in [0.4, 0.5) is 16.2 Å². The zero-order valence-corrected chi connectivity index (χ0v) is 18.1. The van der Waals surface area contributed by atoms with Crippen LogP contribution in [-0.2, 0) is 16.6 Å². The van der Waals surface area contributed by atoms with E-state index in [-0.39, 0.29) is 10.1 Å². The van der Waals surface area contributed by atoms with Crippen LogP contribution in [0.15, 0.2) is 58.8 Å². The summed E-state index contributed by atoms with van der Waals surface area (Å²) in [6.45, 7) is 2.30. The minimum atomic E-state index is -4.01. The van der Waals surface area contributed by atoms with Gasteiger partial charge in [0.1, 0.15) is 4.21 Å². The molecule has 2 heterocycles. The number of sulfonamides is 1. The topological polar surface area (TPSA) is 95.6 Å². The van der Waals surface area contributed by atoms with Crippen molar-refractivity contribution in [2.75, 3.05) is 10.2 Å². The summed E-state index contributed by atoms with van der Waals surface area (Å²) in [7, 11) is -4.01. The van der Waals surface area contributed by atoms with Gasteiger partial charge in [0.05, 0.1) is 10.9 Å². The first-order chi connectivity index (χ1) is 14.2. The highest BCUT2D eigenvalue weighted by Gasteiger charge is 2.29. The van der Waals surface area contributed by atoms with Gasteiger partial charge in [-0.15, -0.1) is 11.3 Å². The largest absolute Gasteiger partial charge is 0.333 e. The van der Waals surface area contributed by atoms with Gasteiger partial charge in [0.2, 0.25) is 0 Å². The van der Waals surface area contributed by atoms with E-state index in [2.05, 4.69) is 5.32 Å². The molecule has 2 aromatic carbocycles. The minimum Gasteiger partial charge on any atom is -0.307 e. The van der Waals surface area contributed by atoms with Crippen molar-refractivity contribution in [1.29, 1.82) is 0 Å². The number of carbonyl (C=O) groups is 2. The Labute approximate surface area is 182 Å². The molecule has 30 heavy (non-hydrogen) atoms. The standard InChI is InChI=1S/C20H16ClN3O4S2/c1-12-10-14(22-20(26)23-30(27,28)18-9-8-17(21)29-18)6-7-16(12)24-11-13-4-2-3-5-15(13)19(24)25/h2-10H,11H2,1H3,(H2,22,23,26). The van der Waals surface area contributed by atoms with Crippen LogP contribution in [0.5, 0.6) is 0 Å². The number of halogens is 1. The van der Waals surface area contributed by atoms with Crippen LogP contribution < -0.4 is 14.9 Å². The monoisotopic (exact) mass is 461 g/mol. The fourth-order valence-electron chi connectivity index (χ4n) is 3.26. The molecule has 0 fully saturated rings. The van der Waals surface area contributed by atoms with Gasteiger partial charge in [-0.05, 0) is 54.4 Å². The summed E-state index contributed by atoms with van der Waals surface area (Å²) in [5.74, 6) is -0.0761. The number of nitrogens with one attached hydrogen (secondary N) is 2. The van der Waals surface area contributed by atoms with E-state index >= 15 is 0 Å². The fourth-order valence-corrected chi connectivity index (χ4v) is 5.65. The Hall–Kier alpha value is -2.88. The third-order valence-electron chi connectivity index (χ3n) is 4.61. The van der Waals surface area contributed by atoms with E-state index in [1.54, 1.807) is 29.2 Å². The number of urea groups is 1. The SMILES string of the molecule is Cc1cc(NC(=O)NS(=O)(=O)c2ccc(Cl)s2)ccc1N1Cc2ccccc2C1=O. The van der Waals surface area contributed by atoms with Crippen LogP contribution in [0.2, 0.25) is 4.34 Å². The van der Waals surface area contributed by atoms with Gasteiger partial charge in [-0.25, -0.2) is 17.9 Å². The van der Waals surface area contributed by atoms with Crippen LogP contribution in [0.1, 0.15) is 21.5 Å². The molecule has 3 amide bonds. The third kappa shape index (κ3) is 3.91. The number of nitrogens with zero attached hydrogens (tertiary/aromatic N) is 1. The number of benzene rings is 2. The number of anilines is 2. The van der Waals surface area contributed by atoms with E-state index in [1.165, 1.54) is 12.1 Å². The molecule has 0 saturated carbocycles. The fraction of sp³-hybridized carbons (Fsp3) is 0.100. The van der Waals surface area contributed by atoms with Gasteiger partial charge in [-0.1, -0.05) is 29.8 Å². The van der Waals surface area contributed by atoms with Crippen molar-refractivity contribution in [2.45, 2.75) is 17.7 Å². The highest BCUT2D eigenvalue weighted by atomic mass is 35.5. The van der Waals surface area contributed by atoms with Crippen molar-refractivity contribution >= 4 is 56.3 Å². The lowest BCUT2D eigenvalue weighted by molar-refractivity contribution is 0.0996.